The van der Waals surface area contributed by atoms with Crippen LogP contribution in [0.5, 0.6) is 0 Å². The lowest BCUT2D eigenvalue weighted by atomic mass is 9.85. The van der Waals surface area contributed by atoms with Gasteiger partial charge in [-0.3, -0.25) is 19.2 Å². The fourth-order valence-electron chi connectivity index (χ4n) is 3.90. The third-order valence-electron chi connectivity index (χ3n) is 5.59. The number of carbonyl (C=O) groups excluding carboxylic acids is 4. The predicted molar refractivity (Wildman–Crippen MR) is 115 cm³/mol. The van der Waals surface area contributed by atoms with Crippen LogP contribution in [-0.2, 0) is 9.59 Å². The molecule has 0 unspecified atom stereocenters. The van der Waals surface area contributed by atoms with Crippen molar-refractivity contribution in [2.45, 2.75) is 12.8 Å². The number of ketones is 1. The molecular weight excluding hydrogens is 458 g/mol. The lowest BCUT2D eigenvalue weighted by molar-refractivity contribution is -0.154. The topological polar surface area (TPSA) is 74.8 Å². The number of amides is 3. The molecule has 2 aromatic rings. The summed E-state index contributed by atoms with van der Waals surface area (Å²) >= 11 is 12.0. The Morgan fingerprint density at radius 3 is 2.03 bits per heavy atom. The SMILES string of the molecule is O=C(CN(C(=O)c1ccc(Cl)c(Cl)c1)N1C(=O)[C@H]2CC=CC[C@H]2C1=O)c1ccc(F)cc1. The van der Waals surface area contributed by atoms with Crippen molar-refractivity contribution in [3.05, 3.63) is 81.6 Å². The van der Waals surface area contributed by atoms with Crippen molar-refractivity contribution in [1.29, 1.82) is 0 Å². The van der Waals surface area contributed by atoms with Crippen LogP contribution in [-0.4, -0.2) is 40.1 Å². The summed E-state index contributed by atoms with van der Waals surface area (Å²) in [5, 5.41) is 1.95. The van der Waals surface area contributed by atoms with Gasteiger partial charge in [-0.15, -0.1) is 0 Å². The smallest absolute Gasteiger partial charge is 0.273 e. The fourth-order valence-corrected chi connectivity index (χ4v) is 4.19. The molecule has 0 saturated carbocycles. The average molecular weight is 475 g/mol. The molecule has 3 amide bonds. The van der Waals surface area contributed by atoms with Crippen molar-refractivity contribution in [2.24, 2.45) is 11.8 Å². The number of hydrazine groups is 1. The monoisotopic (exact) mass is 474 g/mol. The van der Waals surface area contributed by atoms with E-state index in [-0.39, 0.29) is 21.2 Å². The maximum absolute atomic E-state index is 13.4. The zero-order valence-electron chi connectivity index (χ0n) is 16.6. The molecule has 1 aliphatic carbocycles. The molecule has 1 aliphatic heterocycles. The summed E-state index contributed by atoms with van der Waals surface area (Å²) in [6.07, 6.45) is 4.41. The Morgan fingerprint density at radius 2 is 1.47 bits per heavy atom. The van der Waals surface area contributed by atoms with Crippen LogP contribution in [0.2, 0.25) is 10.0 Å². The van der Waals surface area contributed by atoms with E-state index in [1.165, 1.54) is 30.3 Å². The molecule has 6 nitrogen and oxygen atoms in total. The third kappa shape index (κ3) is 4.06. The molecule has 164 valence electrons. The Morgan fingerprint density at radius 1 is 0.906 bits per heavy atom. The molecule has 4 rings (SSSR count). The van der Waals surface area contributed by atoms with Crippen LogP contribution in [0.1, 0.15) is 33.6 Å². The van der Waals surface area contributed by atoms with Gasteiger partial charge in [-0.1, -0.05) is 35.4 Å². The van der Waals surface area contributed by atoms with Crippen LogP contribution in [0.3, 0.4) is 0 Å². The van der Waals surface area contributed by atoms with Crippen molar-refractivity contribution >= 4 is 46.7 Å². The first-order valence-electron chi connectivity index (χ1n) is 9.86. The summed E-state index contributed by atoms with van der Waals surface area (Å²) in [5.41, 5.74) is 0.191. The highest BCUT2D eigenvalue weighted by atomic mass is 35.5. The van der Waals surface area contributed by atoms with Crippen LogP contribution in [0.15, 0.2) is 54.6 Å². The maximum Gasteiger partial charge on any atom is 0.273 e. The van der Waals surface area contributed by atoms with Gasteiger partial charge in [-0.25, -0.2) is 9.40 Å². The van der Waals surface area contributed by atoms with Gasteiger partial charge < -0.3 is 0 Å². The highest BCUT2D eigenvalue weighted by Crippen LogP contribution is 2.36. The Balaban J connectivity index is 1.70. The zero-order valence-corrected chi connectivity index (χ0v) is 18.1. The lowest BCUT2D eigenvalue weighted by Gasteiger charge is -2.30. The quantitative estimate of drug-likeness (QED) is 0.367. The van der Waals surface area contributed by atoms with Gasteiger partial charge in [-0.05, 0) is 55.3 Å². The van der Waals surface area contributed by atoms with Crippen molar-refractivity contribution < 1.29 is 23.6 Å². The van der Waals surface area contributed by atoms with Gasteiger partial charge in [-0.2, -0.15) is 5.01 Å². The number of halogens is 3. The standard InChI is InChI=1S/C23H17Cl2FN2O4/c24-18-10-7-14(11-19(18)25)21(30)27(12-20(29)13-5-8-15(26)9-6-13)28-22(31)16-3-1-2-4-17(16)23(28)32/h1-2,5-11,16-17H,3-4,12H2/t16-,17+. The molecule has 0 bridgehead atoms. The zero-order chi connectivity index (χ0) is 23.0. The minimum absolute atomic E-state index is 0.0555. The second-order valence-electron chi connectivity index (χ2n) is 7.57. The summed E-state index contributed by atoms with van der Waals surface area (Å²) in [6, 6.07) is 8.89. The van der Waals surface area contributed by atoms with Gasteiger partial charge in [0.15, 0.2) is 5.78 Å². The first-order valence-corrected chi connectivity index (χ1v) is 10.6. The number of carbonyl (C=O) groups is 4. The van der Waals surface area contributed by atoms with Crippen molar-refractivity contribution in [3.8, 4) is 0 Å². The Labute approximate surface area is 193 Å². The van der Waals surface area contributed by atoms with E-state index in [4.69, 9.17) is 23.2 Å². The molecule has 0 N–H and O–H groups in total. The minimum Gasteiger partial charge on any atom is -0.292 e. The Bertz CT molecular complexity index is 1120. The molecule has 2 aromatic carbocycles. The van der Waals surface area contributed by atoms with E-state index in [2.05, 4.69) is 0 Å². The summed E-state index contributed by atoms with van der Waals surface area (Å²) in [7, 11) is 0. The van der Waals surface area contributed by atoms with Crippen molar-refractivity contribution in [2.75, 3.05) is 6.54 Å². The first-order chi connectivity index (χ1) is 15.3. The molecule has 1 heterocycles. The highest BCUT2D eigenvalue weighted by molar-refractivity contribution is 6.42. The van der Waals surface area contributed by atoms with Crippen LogP contribution < -0.4 is 0 Å². The molecule has 9 heteroatoms. The molecule has 0 radical (unpaired) electrons. The van der Waals surface area contributed by atoms with E-state index in [9.17, 15) is 23.6 Å². The van der Waals surface area contributed by atoms with E-state index >= 15 is 0 Å². The summed E-state index contributed by atoms with van der Waals surface area (Å²) < 4.78 is 13.2. The highest BCUT2D eigenvalue weighted by Gasteiger charge is 2.51. The number of hydrogen-bond acceptors (Lipinski definition) is 4. The second kappa shape index (κ2) is 8.84. The molecule has 1 saturated heterocycles. The van der Waals surface area contributed by atoms with Crippen LogP contribution >= 0.6 is 23.2 Å². The van der Waals surface area contributed by atoms with Gasteiger partial charge in [0.05, 0.1) is 21.9 Å². The number of hydrogen-bond donors (Lipinski definition) is 0. The lowest BCUT2D eigenvalue weighted by Crippen LogP contribution is -2.52. The number of benzene rings is 2. The summed E-state index contributed by atoms with van der Waals surface area (Å²) in [6.45, 7) is -0.588. The predicted octanol–water partition coefficient (Wildman–Crippen LogP) is 4.32. The van der Waals surface area contributed by atoms with Gasteiger partial charge in [0.1, 0.15) is 12.4 Å². The Kier molecular flexibility index (Phi) is 6.13. The number of rotatable bonds is 5. The van der Waals surface area contributed by atoms with E-state index in [0.29, 0.717) is 12.8 Å². The molecule has 0 spiro atoms. The Hall–Kier alpha value is -3.03. The number of allylic oxidation sites excluding steroid dienone is 2. The van der Waals surface area contributed by atoms with Gasteiger partial charge >= 0.3 is 0 Å². The second-order valence-corrected chi connectivity index (χ2v) is 8.38. The largest absolute Gasteiger partial charge is 0.292 e. The van der Waals surface area contributed by atoms with Gasteiger partial charge in [0.2, 0.25) is 0 Å². The number of nitrogens with zero attached hydrogens (tertiary/aromatic N) is 2. The van der Waals surface area contributed by atoms with Gasteiger partial charge in [0, 0.05) is 11.1 Å². The van der Waals surface area contributed by atoms with E-state index in [1.807, 2.05) is 12.2 Å². The molecular formula is C23H17Cl2FN2O4. The normalized spacial score (nSPS) is 19.8. The third-order valence-corrected chi connectivity index (χ3v) is 6.33. The van der Waals surface area contributed by atoms with Crippen molar-refractivity contribution in [1.82, 2.24) is 10.0 Å². The van der Waals surface area contributed by atoms with Gasteiger partial charge in [0.25, 0.3) is 17.7 Å². The first kappa shape index (κ1) is 22.2. The van der Waals surface area contributed by atoms with Crippen LogP contribution in [0.4, 0.5) is 4.39 Å². The molecule has 32 heavy (non-hydrogen) atoms. The molecule has 2 atom stereocenters. The number of fused-ring (bicyclic) bond motifs is 1. The average Bonchev–Trinajstić information content (AvgIpc) is 3.04. The van der Waals surface area contributed by atoms with E-state index in [0.717, 1.165) is 22.2 Å². The summed E-state index contributed by atoms with van der Waals surface area (Å²) in [5.74, 6) is -4.09. The maximum atomic E-state index is 13.4. The summed E-state index contributed by atoms with van der Waals surface area (Å²) in [4.78, 5) is 52.4. The number of imide groups is 1. The van der Waals surface area contributed by atoms with E-state index in [1.54, 1.807) is 0 Å². The molecule has 2 aliphatic rings. The van der Waals surface area contributed by atoms with Crippen LogP contribution in [0, 0.1) is 17.7 Å². The number of Topliss-reactive ketones (excluding diaryl/α,β-unsaturated/α-hetero) is 1. The molecule has 0 aromatic heterocycles. The molecule has 1 fully saturated rings. The van der Waals surface area contributed by atoms with Crippen molar-refractivity contribution in [3.63, 3.8) is 0 Å². The van der Waals surface area contributed by atoms with Crippen LogP contribution in [0.25, 0.3) is 0 Å². The van der Waals surface area contributed by atoms with E-state index < -0.39 is 47.7 Å². The fraction of sp³-hybridized carbons (Fsp3) is 0.217. The minimum atomic E-state index is -0.757.